The van der Waals surface area contributed by atoms with Crippen molar-refractivity contribution in [3.8, 4) is 0 Å². The second-order valence-corrected chi connectivity index (χ2v) is 8.05. The van der Waals surface area contributed by atoms with Gasteiger partial charge in [-0.2, -0.15) is 4.31 Å². The van der Waals surface area contributed by atoms with Crippen molar-refractivity contribution >= 4 is 21.6 Å². The zero-order chi connectivity index (χ0) is 17.7. The Bertz CT molecular complexity index is 646. The van der Waals surface area contributed by atoms with Gasteiger partial charge in [0.1, 0.15) is 0 Å². The Morgan fingerprint density at radius 1 is 1.08 bits per heavy atom. The first-order chi connectivity index (χ1) is 11.4. The Kier molecular flexibility index (Phi) is 6.37. The molecular weight excluding hydrogens is 326 g/mol. The van der Waals surface area contributed by atoms with Gasteiger partial charge >= 0.3 is 0 Å². The molecule has 0 radical (unpaired) electrons. The number of anilines is 1. The molecule has 0 spiro atoms. The summed E-state index contributed by atoms with van der Waals surface area (Å²) in [5.41, 5.74) is 0.597. The Morgan fingerprint density at radius 3 is 2.08 bits per heavy atom. The highest BCUT2D eigenvalue weighted by Gasteiger charge is 2.30. The summed E-state index contributed by atoms with van der Waals surface area (Å²) < 4.78 is 27.1. The fraction of sp³-hybridized carbons (Fsp3) is 0.588. The third kappa shape index (κ3) is 4.34. The van der Waals surface area contributed by atoms with Crippen LogP contribution in [0.3, 0.4) is 0 Å². The van der Waals surface area contributed by atoms with E-state index >= 15 is 0 Å². The van der Waals surface area contributed by atoms with Gasteiger partial charge in [-0.25, -0.2) is 8.42 Å². The van der Waals surface area contributed by atoms with Crippen molar-refractivity contribution in [2.75, 3.05) is 31.5 Å². The third-order valence-corrected chi connectivity index (χ3v) is 6.46. The van der Waals surface area contributed by atoms with Gasteiger partial charge in [0.15, 0.2) is 0 Å². The van der Waals surface area contributed by atoms with E-state index in [1.165, 1.54) is 6.92 Å². The van der Waals surface area contributed by atoms with E-state index in [-0.39, 0.29) is 10.8 Å². The van der Waals surface area contributed by atoms with E-state index in [1.54, 1.807) is 28.6 Å². The molecule has 6 nitrogen and oxygen atoms in total. The molecule has 0 aliphatic carbocycles. The molecular formula is C17H27N3O3S. The van der Waals surface area contributed by atoms with Crippen LogP contribution in [0, 0.1) is 0 Å². The highest BCUT2D eigenvalue weighted by molar-refractivity contribution is 7.89. The molecule has 1 saturated heterocycles. The van der Waals surface area contributed by atoms with Crippen LogP contribution in [0.2, 0.25) is 0 Å². The number of nitrogens with zero attached hydrogens (tertiary/aromatic N) is 2. The predicted octanol–water partition coefficient (Wildman–Crippen LogP) is 2.14. The maximum absolute atomic E-state index is 12.8. The van der Waals surface area contributed by atoms with Crippen LogP contribution in [-0.4, -0.2) is 55.8 Å². The summed E-state index contributed by atoms with van der Waals surface area (Å²) in [6.45, 7) is 8.36. The van der Waals surface area contributed by atoms with Crippen molar-refractivity contribution in [3.63, 3.8) is 0 Å². The zero-order valence-corrected chi connectivity index (χ0v) is 15.5. The first-order valence-corrected chi connectivity index (χ1v) is 9.94. The van der Waals surface area contributed by atoms with Crippen LogP contribution in [0.25, 0.3) is 0 Å². The average molecular weight is 353 g/mol. The van der Waals surface area contributed by atoms with E-state index in [2.05, 4.69) is 24.1 Å². The molecule has 0 unspecified atom stereocenters. The van der Waals surface area contributed by atoms with Crippen molar-refractivity contribution in [2.45, 2.75) is 44.6 Å². The van der Waals surface area contributed by atoms with E-state index in [0.29, 0.717) is 24.8 Å². The fourth-order valence-electron chi connectivity index (χ4n) is 3.18. The summed E-state index contributed by atoms with van der Waals surface area (Å²) in [4.78, 5) is 13.7. The Balaban J connectivity index is 2.05. The molecule has 2 rings (SSSR count). The van der Waals surface area contributed by atoms with Crippen LogP contribution in [0.15, 0.2) is 29.2 Å². The Hall–Kier alpha value is -1.44. The molecule has 0 bridgehead atoms. The smallest absolute Gasteiger partial charge is 0.243 e. The predicted molar refractivity (Wildman–Crippen MR) is 95.4 cm³/mol. The molecule has 24 heavy (non-hydrogen) atoms. The quantitative estimate of drug-likeness (QED) is 0.851. The van der Waals surface area contributed by atoms with Gasteiger partial charge in [0.05, 0.1) is 4.90 Å². The largest absolute Gasteiger partial charge is 0.326 e. The molecule has 1 aliphatic rings. The number of rotatable bonds is 6. The number of piperazine rings is 1. The van der Waals surface area contributed by atoms with Gasteiger partial charge in [-0.1, -0.05) is 13.8 Å². The second kappa shape index (κ2) is 8.09. The standard InChI is InChI=1S/C17H27N3O3S/c1-4-16(5-2)19-10-12-20(13-11-19)24(22,23)17-8-6-15(7-9-17)18-14(3)21/h6-9,16H,4-5,10-13H2,1-3H3,(H,18,21). The number of hydrogen-bond acceptors (Lipinski definition) is 4. The van der Waals surface area contributed by atoms with Gasteiger partial charge in [-0.05, 0) is 37.1 Å². The molecule has 1 fully saturated rings. The van der Waals surface area contributed by atoms with Crippen molar-refractivity contribution in [3.05, 3.63) is 24.3 Å². The van der Waals surface area contributed by atoms with Crippen molar-refractivity contribution in [2.24, 2.45) is 0 Å². The number of amides is 1. The minimum atomic E-state index is -3.48. The molecule has 0 atom stereocenters. The minimum absolute atomic E-state index is 0.178. The van der Waals surface area contributed by atoms with Crippen molar-refractivity contribution < 1.29 is 13.2 Å². The molecule has 1 amide bonds. The normalized spacial score (nSPS) is 17.2. The molecule has 1 aliphatic heterocycles. The summed E-state index contributed by atoms with van der Waals surface area (Å²) in [5, 5.41) is 2.64. The lowest BCUT2D eigenvalue weighted by Gasteiger charge is -2.38. The van der Waals surface area contributed by atoms with Gasteiger partial charge in [-0.15, -0.1) is 0 Å². The average Bonchev–Trinajstić information content (AvgIpc) is 2.56. The van der Waals surface area contributed by atoms with Crippen LogP contribution in [-0.2, 0) is 14.8 Å². The van der Waals surface area contributed by atoms with Crippen LogP contribution in [0.1, 0.15) is 33.6 Å². The summed E-state index contributed by atoms with van der Waals surface area (Å²) >= 11 is 0. The highest BCUT2D eigenvalue weighted by Crippen LogP contribution is 2.21. The van der Waals surface area contributed by atoms with E-state index in [1.807, 2.05) is 0 Å². The molecule has 134 valence electrons. The van der Waals surface area contributed by atoms with Crippen LogP contribution in [0.5, 0.6) is 0 Å². The topological polar surface area (TPSA) is 69.7 Å². The van der Waals surface area contributed by atoms with Gasteiger partial charge in [0, 0.05) is 44.8 Å². The Labute approximate surface area is 144 Å². The molecule has 7 heteroatoms. The molecule has 1 aromatic carbocycles. The number of benzene rings is 1. The van der Waals surface area contributed by atoms with E-state index in [4.69, 9.17) is 0 Å². The first kappa shape index (κ1) is 18.9. The van der Waals surface area contributed by atoms with Crippen molar-refractivity contribution in [1.29, 1.82) is 0 Å². The lowest BCUT2D eigenvalue weighted by molar-refractivity contribution is -0.114. The molecule has 0 saturated carbocycles. The summed E-state index contributed by atoms with van der Waals surface area (Å²) in [6, 6.07) is 6.87. The van der Waals surface area contributed by atoms with Crippen LogP contribution < -0.4 is 5.32 Å². The summed E-state index contributed by atoms with van der Waals surface area (Å²) in [5.74, 6) is -0.178. The second-order valence-electron chi connectivity index (χ2n) is 6.12. The maximum atomic E-state index is 12.8. The summed E-state index contributed by atoms with van der Waals surface area (Å²) in [6.07, 6.45) is 2.18. The zero-order valence-electron chi connectivity index (χ0n) is 14.7. The maximum Gasteiger partial charge on any atom is 0.243 e. The first-order valence-electron chi connectivity index (χ1n) is 8.50. The van der Waals surface area contributed by atoms with Gasteiger partial charge < -0.3 is 5.32 Å². The van der Waals surface area contributed by atoms with E-state index in [9.17, 15) is 13.2 Å². The number of sulfonamides is 1. The number of carbonyl (C=O) groups is 1. The van der Waals surface area contributed by atoms with E-state index < -0.39 is 10.0 Å². The van der Waals surface area contributed by atoms with Crippen molar-refractivity contribution in [1.82, 2.24) is 9.21 Å². The van der Waals surface area contributed by atoms with Crippen LogP contribution in [0.4, 0.5) is 5.69 Å². The fourth-order valence-corrected chi connectivity index (χ4v) is 4.60. The molecule has 1 aromatic rings. The third-order valence-electron chi connectivity index (χ3n) is 4.54. The van der Waals surface area contributed by atoms with Gasteiger partial charge in [0.2, 0.25) is 15.9 Å². The lowest BCUT2D eigenvalue weighted by atomic mass is 10.1. The van der Waals surface area contributed by atoms with Gasteiger partial charge in [0.25, 0.3) is 0 Å². The highest BCUT2D eigenvalue weighted by atomic mass is 32.2. The minimum Gasteiger partial charge on any atom is -0.326 e. The summed E-state index contributed by atoms with van der Waals surface area (Å²) in [7, 11) is -3.48. The monoisotopic (exact) mass is 353 g/mol. The van der Waals surface area contributed by atoms with E-state index in [0.717, 1.165) is 25.9 Å². The number of hydrogen-bond donors (Lipinski definition) is 1. The molecule has 0 aromatic heterocycles. The lowest BCUT2D eigenvalue weighted by Crippen LogP contribution is -2.51. The molecule has 1 N–H and O–H groups in total. The number of carbonyl (C=O) groups excluding carboxylic acids is 1. The molecule has 1 heterocycles. The van der Waals surface area contributed by atoms with Crippen LogP contribution >= 0.6 is 0 Å². The van der Waals surface area contributed by atoms with Gasteiger partial charge in [-0.3, -0.25) is 9.69 Å². The Morgan fingerprint density at radius 2 is 1.62 bits per heavy atom. The number of nitrogens with one attached hydrogen (secondary N) is 1. The SMILES string of the molecule is CCC(CC)N1CCN(S(=O)(=O)c2ccc(NC(C)=O)cc2)CC1.